The molecule has 2 aromatic rings. The Bertz CT molecular complexity index is 743. The molecule has 0 saturated heterocycles. The van der Waals surface area contributed by atoms with Gasteiger partial charge >= 0.3 is 0 Å². The lowest BCUT2D eigenvalue weighted by atomic mass is 10.2. The molecule has 25 heavy (non-hydrogen) atoms. The second-order valence-corrected chi connectivity index (χ2v) is 5.32. The molecule has 0 fully saturated rings. The average molecular weight is 361 g/mol. The number of hydrogen-bond acceptors (Lipinski definition) is 4. The number of hydrazine groups is 1. The van der Waals surface area contributed by atoms with Crippen molar-refractivity contribution in [2.75, 3.05) is 13.7 Å². The summed E-state index contributed by atoms with van der Waals surface area (Å²) in [6.07, 6.45) is 2.92. The third kappa shape index (κ3) is 6.56. The third-order valence-electron chi connectivity index (χ3n) is 3.05. The molecule has 0 atom stereocenters. The predicted molar refractivity (Wildman–Crippen MR) is 95.3 cm³/mol. The first-order valence-corrected chi connectivity index (χ1v) is 7.74. The molecule has 2 aromatic carbocycles. The van der Waals surface area contributed by atoms with E-state index in [9.17, 15) is 9.59 Å². The Hall–Kier alpha value is -2.99. The lowest BCUT2D eigenvalue weighted by Gasteiger charge is -2.07. The summed E-state index contributed by atoms with van der Waals surface area (Å²) in [4.78, 5) is 23.3. The van der Waals surface area contributed by atoms with Gasteiger partial charge in [0.05, 0.1) is 7.11 Å². The van der Waals surface area contributed by atoms with E-state index in [-0.39, 0.29) is 6.61 Å². The monoisotopic (exact) mass is 360 g/mol. The number of nitrogens with one attached hydrogen (secondary N) is 2. The van der Waals surface area contributed by atoms with Crippen LogP contribution in [0.5, 0.6) is 11.5 Å². The highest BCUT2D eigenvalue weighted by Gasteiger charge is 2.04. The van der Waals surface area contributed by atoms with Crippen LogP contribution in [0.25, 0.3) is 6.08 Å². The first-order chi connectivity index (χ1) is 12.1. The van der Waals surface area contributed by atoms with Crippen LogP contribution in [0.1, 0.15) is 5.56 Å². The molecule has 0 aromatic heterocycles. The molecule has 130 valence electrons. The maximum Gasteiger partial charge on any atom is 0.276 e. The zero-order valence-corrected chi connectivity index (χ0v) is 14.2. The van der Waals surface area contributed by atoms with Gasteiger partial charge in [0.15, 0.2) is 6.61 Å². The first-order valence-electron chi connectivity index (χ1n) is 7.36. The number of hydrogen-bond donors (Lipinski definition) is 2. The second kappa shape index (κ2) is 9.34. The zero-order valence-electron chi connectivity index (χ0n) is 13.5. The van der Waals surface area contributed by atoms with Gasteiger partial charge in [0, 0.05) is 11.1 Å². The summed E-state index contributed by atoms with van der Waals surface area (Å²) in [5.74, 6) is 0.289. The van der Waals surface area contributed by atoms with Crippen molar-refractivity contribution in [2.24, 2.45) is 0 Å². The molecule has 0 aliphatic rings. The molecular weight excluding hydrogens is 344 g/mol. The van der Waals surface area contributed by atoms with E-state index in [1.54, 1.807) is 61.7 Å². The average Bonchev–Trinajstić information content (AvgIpc) is 2.64. The molecule has 0 unspecified atom stereocenters. The van der Waals surface area contributed by atoms with Crippen molar-refractivity contribution in [2.45, 2.75) is 0 Å². The Kier molecular flexibility index (Phi) is 6.86. The Morgan fingerprint density at radius 2 is 1.64 bits per heavy atom. The Balaban J connectivity index is 1.72. The van der Waals surface area contributed by atoms with E-state index in [0.717, 1.165) is 11.3 Å². The van der Waals surface area contributed by atoms with Crippen LogP contribution < -0.4 is 20.3 Å². The Morgan fingerprint density at radius 1 is 1.00 bits per heavy atom. The van der Waals surface area contributed by atoms with Gasteiger partial charge in [-0.15, -0.1) is 0 Å². The maximum absolute atomic E-state index is 11.7. The molecule has 0 aliphatic heterocycles. The van der Waals surface area contributed by atoms with Gasteiger partial charge in [-0.25, -0.2) is 0 Å². The van der Waals surface area contributed by atoms with Crippen LogP contribution >= 0.6 is 11.6 Å². The summed E-state index contributed by atoms with van der Waals surface area (Å²) in [6, 6.07) is 13.8. The fourth-order valence-electron chi connectivity index (χ4n) is 1.78. The van der Waals surface area contributed by atoms with E-state index in [1.165, 1.54) is 6.08 Å². The van der Waals surface area contributed by atoms with Gasteiger partial charge in [-0.05, 0) is 48.0 Å². The minimum Gasteiger partial charge on any atom is -0.497 e. The highest BCUT2D eigenvalue weighted by Crippen LogP contribution is 2.15. The van der Waals surface area contributed by atoms with Crippen LogP contribution in [-0.4, -0.2) is 25.5 Å². The fourth-order valence-corrected chi connectivity index (χ4v) is 1.90. The Morgan fingerprint density at radius 3 is 2.28 bits per heavy atom. The SMILES string of the molecule is COc1ccc(C=CC(=O)NNC(=O)COc2ccc(Cl)cc2)cc1. The molecule has 6 nitrogen and oxygen atoms in total. The second-order valence-electron chi connectivity index (χ2n) is 4.89. The van der Waals surface area contributed by atoms with Crippen LogP contribution in [0.2, 0.25) is 5.02 Å². The van der Waals surface area contributed by atoms with Crippen molar-refractivity contribution >= 4 is 29.5 Å². The summed E-state index contributed by atoms with van der Waals surface area (Å²) in [5.41, 5.74) is 5.35. The van der Waals surface area contributed by atoms with Crippen molar-refractivity contribution in [3.63, 3.8) is 0 Å². The van der Waals surface area contributed by atoms with Crippen molar-refractivity contribution in [1.29, 1.82) is 0 Å². The van der Waals surface area contributed by atoms with Crippen molar-refractivity contribution < 1.29 is 19.1 Å². The topological polar surface area (TPSA) is 76.7 Å². The van der Waals surface area contributed by atoms with Crippen molar-refractivity contribution in [3.05, 3.63) is 65.2 Å². The highest BCUT2D eigenvalue weighted by molar-refractivity contribution is 6.30. The van der Waals surface area contributed by atoms with Gasteiger partial charge in [0.25, 0.3) is 11.8 Å². The Labute approximate surface area is 150 Å². The van der Waals surface area contributed by atoms with E-state index in [2.05, 4.69) is 10.9 Å². The fraction of sp³-hybridized carbons (Fsp3) is 0.111. The van der Waals surface area contributed by atoms with E-state index < -0.39 is 11.8 Å². The number of ether oxygens (including phenoxy) is 2. The summed E-state index contributed by atoms with van der Waals surface area (Å²) in [6.45, 7) is -0.232. The lowest BCUT2D eigenvalue weighted by Crippen LogP contribution is -2.43. The predicted octanol–water partition coefficient (Wildman–Crippen LogP) is 2.59. The first kappa shape index (κ1) is 18.4. The lowest BCUT2D eigenvalue weighted by molar-refractivity contribution is -0.128. The normalized spacial score (nSPS) is 10.3. The number of carbonyl (C=O) groups is 2. The van der Waals surface area contributed by atoms with Crippen LogP contribution in [0, 0.1) is 0 Å². The number of carbonyl (C=O) groups excluding carboxylic acids is 2. The standard InChI is InChI=1S/C18H17ClN2O4/c1-24-15-7-2-13(3-8-15)4-11-17(22)20-21-18(23)12-25-16-9-5-14(19)6-10-16/h2-11H,12H2,1H3,(H,20,22)(H,21,23). The molecule has 0 heterocycles. The van der Waals surface area contributed by atoms with E-state index in [1.807, 2.05) is 0 Å². The zero-order chi connectivity index (χ0) is 18.1. The number of rotatable bonds is 6. The molecule has 0 bridgehead atoms. The van der Waals surface area contributed by atoms with E-state index in [4.69, 9.17) is 21.1 Å². The van der Waals surface area contributed by atoms with Crippen LogP contribution in [0.15, 0.2) is 54.6 Å². The summed E-state index contributed by atoms with van der Waals surface area (Å²) < 4.78 is 10.3. The smallest absolute Gasteiger partial charge is 0.276 e. The summed E-state index contributed by atoms with van der Waals surface area (Å²) in [5, 5.41) is 0.577. The van der Waals surface area contributed by atoms with E-state index >= 15 is 0 Å². The van der Waals surface area contributed by atoms with Crippen LogP contribution in [0.4, 0.5) is 0 Å². The third-order valence-corrected chi connectivity index (χ3v) is 3.30. The molecule has 2 N–H and O–H groups in total. The number of methoxy groups -OCH3 is 1. The van der Waals surface area contributed by atoms with Gasteiger partial charge in [-0.3, -0.25) is 20.4 Å². The molecule has 0 saturated carbocycles. The van der Waals surface area contributed by atoms with Crippen molar-refractivity contribution in [1.82, 2.24) is 10.9 Å². The quantitative estimate of drug-likeness (QED) is 0.613. The van der Waals surface area contributed by atoms with Gasteiger partial charge in [-0.2, -0.15) is 0 Å². The van der Waals surface area contributed by atoms with Gasteiger partial charge in [-0.1, -0.05) is 23.7 Å². The van der Waals surface area contributed by atoms with Gasteiger partial charge in [0.2, 0.25) is 0 Å². The summed E-state index contributed by atoms with van der Waals surface area (Å²) in [7, 11) is 1.58. The molecule has 0 aliphatic carbocycles. The highest BCUT2D eigenvalue weighted by atomic mass is 35.5. The molecule has 2 amide bonds. The van der Waals surface area contributed by atoms with Crippen LogP contribution in [-0.2, 0) is 9.59 Å². The van der Waals surface area contributed by atoms with Crippen molar-refractivity contribution in [3.8, 4) is 11.5 Å². The molecule has 7 heteroatoms. The number of benzene rings is 2. The van der Waals surface area contributed by atoms with Crippen LogP contribution in [0.3, 0.4) is 0 Å². The van der Waals surface area contributed by atoms with Gasteiger partial charge < -0.3 is 9.47 Å². The van der Waals surface area contributed by atoms with Gasteiger partial charge in [0.1, 0.15) is 11.5 Å². The minimum atomic E-state index is -0.485. The minimum absolute atomic E-state index is 0.232. The molecule has 0 spiro atoms. The number of amides is 2. The largest absolute Gasteiger partial charge is 0.497 e. The number of halogens is 1. The maximum atomic E-state index is 11.7. The molecular formula is C18H17ClN2O4. The molecule has 2 rings (SSSR count). The van der Waals surface area contributed by atoms with E-state index in [0.29, 0.717) is 10.8 Å². The molecule has 0 radical (unpaired) electrons. The summed E-state index contributed by atoms with van der Waals surface area (Å²) >= 11 is 5.75.